The number of aromatic nitrogens is 2. The van der Waals surface area contributed by atoms with Crippen LogP contribution in [0, 0.1) is 0 Å². The smallest absolute Gasteiger partial charge is 0.410 e. The summed E-state index contributed by atoms with van der Waals surface area (Å²) in [5.41, 5.74) is 4.24. The fourth-order valence-corrected chi connectivity index (χ4v) is 4.02. The molecule has 2 aromatic rings. The topological polar surface area (TPSA) is 47.4 Å². The lowest BCUT2D eigenvalue weighted by atomic mass is 9.92. The fourth-order valence-electron chi connectivity index (χ4n) is 3.90. The molecule has 0 unspecified atom stereocenters. The van der Waals surface area contributed by atoms with Crippen molar-refractivity contribution in [1.82, 2.24) is 14.7 Å². The van der Waals surface area contributed by atoms with E-state index in [1.54, 1.807) is 0 Å². The summed E-state index contributed by atoms with van der Waals surface area (Å²) in [6.07, 6.45) is 4.95. The summed E-state index contributed by atoms with van der Waals surface area (Å²) in [7, 11) is 0. The average Bonchev–Trinajstić information content (AvgIpc) is 2.77. The van der Waals surface area contributed by atoms with Crippen molar-refractivity contribution in [3.05, 3.63) is 40.5 Å². The van der Waals surface area contributed by atoms with Gasteiger partial charge in [0.2, 0.25) is 0 Å². The maximum absolute atomic E-state index is 12.5. The Bertz CT molecular complexity index is 863. The first kappa shape index (κ1) is 19.3. The molecule has 28 heavy (non-hydrogen) atoms. The summed E-state index contributed by atoms with van der Waals surface area (Å²) in [5.74, 6) is 0. The van der Waals surface area contributed by atoms with Gasteiger partial charge in [0.05, 0.1) is 17.4 Å². The number of halogens is 1. The summed E-state index contributed by atoms with van der Waals surface area (Å²) >= 11 is 6.11. The number of carbonyl (C=O) groups excluding carboxylic acids is 1. The lowest BCUT2D eigenvalue weighted by Gasteiger charge is -2.28. The maximum Gasteiger partial charge on any atom is 0.410 e. The molecule has 1 amide bonds. The van der Waals surface area contributed by atoms with Crippen LogP contribution in [0.1, 0.15) is 57.3 Å². The third-order valence-electron chi connectivity index (χ3n) is 5.53. The molecule has 0 saturated heterocycles. The largest absolute Gasteiger partial charge is 0.444 e. The Kier molecular flexibility index (Phi) is 5.13. The number of ether oxygens (including phenoxy) is 1. The minimum atomic E-state index is -0.481. The van der Waals surface area contributed by atoms with E-state index in [9.17, 15) is 4.79 Å². The molecule has 150 valence electrons. The molecule has 2 heterocycles. The molecule has 1 aliphatic heterocycles. The molecule has 0 radical (unpaired) electrons. The highest BCUT2D eigenvalue weighted by atomic mass is 35.5. The molecule has 1 saturated carbocycles. The molecule has 0 spiro atoms. The van der Waals surface area contributed by atoms with Gasteiger partial charge >= 0.3 is 6.09 Å². The molecule has 1 aromatic carbocycles. The van der Waals surface area contributed by atoms with Crippen LogP contribution in [0.25, 0.3) is 11.3 Å². The molecule has 0 N–H and O–H groups in total. The van der Waals surface area contributed by atoms with Gasteiger partial charge in [0, 0.05) is 35.7 Å². The predicted molar refractivity (Wildman–Crippen MR) is 111 cm³/mol. The first-order valence-electron chi connectivity index (χ1n) is 10.2. The lowest BCUT2D eigenvalue weighted by Crippen LogP contribution is -2.38. The minimum absolute atomic E-state index is 0.238. The fraction of sp³-hybridized carbons (Fsp3) is 0.545. The Morgan fingerprint density at radius 1 is 1.14 bits per heavy atom. The molecule has 2 aliphatic rings. The zero-order valence-corrected chi connectivity index (χ0v) is 17.6. The Balaban J connectivity index is 1.64. The van der Waals surface area contributed by atoms with Crippen LogP contribution in [0.5, 0.6) is 0 Å². The molecular weight excluding hydrogens is 374 g/mol. The second-order valence-electron chi connectivity index (χ2n) is 8.78. The average molecular weight is 402 g/mol. The van der Waals surface area contributed by atoms with Crippen molar-refractivity contribution in [2.45, 2.75) is 64.5 Å². The number of hydrogen-bond donors (Lipinski definition) is 0. The second kappa shape index (κ2) is 7.43. The van der Waals surface area contributed by atoms with Gasteiger partial charge in [0.25, 0.3) is 0 Å². The van der Waals surface area contributed by atoms with Crippen LogP contribution in [-0.2, 0) is 17.6 Å². The second-order valence-corrected chi connectivity index (χ2v) is 9.21. The van der Waals surface area contributed by atoms with Crippen molar-refractivity contribution in [3.8, 4) is 11.3 Å². The van der Waals surface area contributed by atoms with Gasteiger partial charge in [-0.25, -0.2) is 4.79 Å². The Morgan fingerprint density at radius 2 is 1.82 bits per heavy atom. The van der Waals surface area contributed by atoms with Crippen LogP contribution in [0.2, 0.25) is 5.02 Å². The first-order valence-corrected chi connectivity index (χ1v) is 10.5. The number of rotatable bonds is 2. The van der Waals surface area contributed by atoms with Gasteiger partial charge in [-0.15, -0.1) is 0 Å². The van der Waals surface area contributed by atoms with Crippen LogP contribution in [0.3, 0.4) is 0 Å². The highest BCUT2D eigenvalue weighted by Crippen LogP contribution is 2.38. The van der Waals surface area contributed by atoms with Gasteiger partial charge in [-0.1, -0.05) is 23.7 Å². The molecule has 1 fully saturated rings. The summed E-state index contributed by atoms with van der Waals surface area (Å²) in [6, 6.07) is 8.51. The van der Waals surface area contributed by atoms with E-state index in [0.717, 1.165) is 29.1 Å². The maximum atomic E-state index is 12.5. The van der Waals surface area contributed by atoms with Gasteiger partial charge < -0.3 is 9.64 Å². The van der Waals surface area contributed by atoms with Crippen LogP contribution >= 0.6 is 11.6 Å². The monoisotopic (exact) mass is 401 g/mol. The van der Waals surface area contributed by atoms with Crippen molar-refractivity contribution < 1.29 is 9.53 Å². The van der Waals surface area contributed by atoms with Crippen molar-refractivity contribution in [2.24, 2.45) is 0 Å². The SMILES string of the molecule is CC(C)(C)OC(=O)N1CCc2nn(C3CCC3)c(-c3ccc(Cl)cc3)c2CC1. The van der Waals surface area contributed by atoms with Gasteiger partial charge in [-0.2, -0.15) is 5.10 Å². The van der Waals surface area contributed by atoms with Gasteiger partial charge in [0.1, 0.15) is 5.60 Å². The molecule has 6 heteroatoms. The number of carbonyl (C=O) groups is 1. The predicted octanol–water partition coefficient (Wildman–Crippen LogP) is 5.26. The zero-order valence-electron chi connectivity index (χ0n) is 16.9. The zero-order chi connectivity index (χ0) is 19.9. The Hall–Kier alpha value is -2.01. The van der Waals surface area contributed by atoms with Gasteiger partial charge in [0.15, 0.2) is 0 Å². The van der Waals surface area contributed by atoms with E-state index >= 15 is 0 Å². The van der Waals surface area contributed by atoms with E-state index in [2.05, 4.69) is 16.8 Å². The molecule has 5 nitrogen and oxygen atoms in total. The van der Waals surface area contributed by atoms with Crippen LogP contribution in [-0.4, -0.2) is 39.5 Å². The molecule has 1 aromatic heterocycles. The molecule has 0 atom stereocenters. The van der Waals surface area contributed by atoms with Crippen molar-refractivity contribution in [3.63, 3.8) is 0 Å². The van der Waals surface area contributed by atoms with Gasteiger partial charge in [-0.3, -0.25) is 4.68 Å². The van der Waals surface area contributed by atoms with E-state index in [4.69, 9.17) is 21.4 Å². The van der Waals surface area contributed by atoms with Gasteiger partial charge in [-0.05, 0) is 58.6 Å². The van der Waals surface area contributed by atoms with Crippen molar-refractivity contribution in [1.29, 1.82) is 0 Å². The summed E-state index contributed by atoms with van der Waals surface area (Å²) in [5, 5.41) is 5.74. The lowest BCUT2D eigenvalue weighted by molar-refractivity contribution is 0.0258. The highest BCUT2D eigenvalue weighted by Gasteiger charge is 2.31. The van der Waals surface area contributed by atoms with Crippen molar-refractivity contribution in [2.75, 3.05) is 13.1 Å². The molecular formula is C22H28ClN3O2. The standard InChI is InChI=1S/C22H28ClN3O2/c1-22(2,3)28-21(27)25-13-11-18-19(12-14-25)24-26(17-5-4-6-17)20(18)15-7-9-16(23)10-8-15/h7-10,17H,4-6,11-14H2,1-3H3. The third kappa shape index (κ3) is 3.90. The minimum Gasteiger partial charge on any atom is -0.444 e. The summed E-state index contributed by atoms with van der Waals surface area (Å²) in [4.78, 5) is 14.3. The first-order chi connectivity index (χ1) is 13.3. The van der Waals surface area contributed by atoms with Crippen molar-refractivity contribution >= 4 is 17.7 Å². The van der Waals surface area contributed by atoms with E-state index in [0.29, 0.717) is 19.1 Å². The van der Waals surface area contributed by atoms with E-state index in [-0.39, 0.29) is 6.09 Å². The van der Waals surface area contributed by atoms with E-state index < -0.39 is 5.60 Å². The number of nitrogens with zero attached hydrogens (tertiary/aromatic N) is 3. The van der Waals surface area contributed by atoms with E-state index in [1.165, 1.54) is 30.5 Å². The van der Waals surface area contributed by atoms with Crippen LogP contribution < -0.4 is 0 Å². The normalized spacial score (nSPS) is 17.6. The Labute approximate surface area is 171 Å². The van der Waals surface area contributed by atoms with E-state index in [1.807, 2.05) is 37.8 Å². The number of benzene rings is 1. The summed E-state index contributed by atoms with van der Waals surface area (Å²) in [6.45, 7) is 7.00. The molecule has 1 aliphatic carbocycles. The number of amides is 1. The number of hydrogen-bond acceptors (Lipinski definition) is 3. The highest BCUT2D eigenvalue weighted by molar-refractivity contribution is 6.30. The van der Waals surface area contributed by atoms with Crippen LogP contribution in [0.15, 0.2) is 24.3 Å². The molecule has 0 bridgehead atoms. The van der Waals surface area contributed by atoms with Crippen LogP contribution in [0.4, 0.5) is 4.79 Å². The molecule has 4 rings (SSSR count). The number of fused-ring (bicyclic) bond motifs is 1. The quantitative estimate of drug-likeness (QED) is 0.689. The third-order valence-corrected chi connectivity index (χ3v) is 5.78. The Morgan fingerprint density at radius 3 is 2.43 bits per heavy atom. The summed E-state index contributed by atoms with van der Waals surface area (Å²) < 4.78 is 7.81.